The summed E-state index contributed by atoms with van der Waals surface area (Å²) >= 11 is 1.26. The smallest absolute Gasteiger partial charge is 0.321 e. The van der Waals surface area contributed by atoms with Crippen LogP contribution in [-0.4, -0.2) is 5.91 Å². The molecule has 0 saturated heterocycles. The molecular formula is C21H12F4N2OS. The van der Waals surface area contributed by atoms with E-state index >= 15 is 0 Å². The molecule has 1 amide bonds. The lowest BCUT2D eigenvalue weighted by molar-refractivity contribution is -0.137. The second-order valence-corrected chi connectivity index (χ2v) is 6.99. The summed E-state index contributed by atoms with van der Waals surface area (Å²) in [7, 11) is 0. The normalized spacial score (nSPS) is 11.8. The lowest BCUT2D eigenvalue weighted by Crippen LogP contribution is -2.17. The predicted molar refractivity (Wildman–Crippen MR) is 103 cm³/mol. The minimum atomic E-state index is -4.64. The monoisotopic (exact) mass is 416 g/mol. The number of halogens is 4. The van der Waals surface area contributed by atoms with Gasteiger partial charge >= 0.3 is 6.18 Å². The Morgan fingerprint density at radius 1 is 1.03 bits per heavy atom. The van der Waals surface area contributed by atoms with Crippen molar-refractivity contribution in [1.82, 2.24) is 0 Å². The Balaban J connectivity index is 1.83. The van der Waals surface area contributed by atoms with Crippen LogP contribution >= 0.6 is 11.3 Å². The first-order chi connectivity index (χ1) is 13.8. The van der Waals surface area contributed by atoms with Gasteiger partial charge in [-0.25, -0.2) is 4.39 Å². The average Bonchev–Trinajstić information content (AvgIpc) is 3.15. The first-order valence-corrected chi connectivity index (χ1v) is 9.05. The van der Waals surface area contributed by atoms with Gasteiger partial charge in [0.15, 0.2) is 0 Å². The summed E-state index contributed by atoms with van der Waals surface area (Å²) in [4.78, 5) is 13.7. The number of carbonyl (C=O) groups excluding carboxylic acids is 1. The summed E-state index contributed by atoms with van der Waals surface area (Å²) in [6, 6.07) is 15.5. The number of nitrogens with zero attached hydrogens (tertiary/aromatic N) is 1. The number of anilines is 1. The average molecular weight is 416 g/mol. The van der Waals surface area contributed by atoms with Crippen molar-refractivity contribution >= 4 is 29.0 Å². The number of rotatable bonds is 4. The van der Waals surface area contributed by atoms with E-state index in [-0.39, 0.29) is 11.4 Å². The Kier molecular flexibility index (Phi) is 5.80. The molecule has 0 fully saturated rings. The number of nitriles is 1. The Morgan fingerprint density at radius 3 is 2.38 bits per heavy atom. The van der Waals surface area contributed by atoms with Crippen molar-refractivity contribution in [3.05, 3.63) is 82.5 Å². The van der Waals surface area contributed by atoms with Gasteiger partial charge in [-0.05, 0) is 48.0 Å². The highest BCUT2D eigenvalue weighted by atomic mass is 32.1. The van der Waals surface area contributed by atoms with Gasteiger partial charge in [-0.15, -0.1) is 11.3 Å². The maximum absolute atomic E-state index is 13.1. The zero-order valence-corrected chi connectivity index (χ0v) is 15.4. The molecule has 2 aromatic carbocycles. The number of hydrogen-bond donors (Lipinski definition) is 1. The third kappa shape index (κ3) is 4.89. The quantitative estimate of drug-likeness (QED) is 0.317. The van der Waals surface area contributed by atoms with Gasteiger partial charge in [-0.1, -0.05) is 24.3 Å². The van der Waals surface area contributed by atoms with Crippen molar-refractivity contribution in [1.29, 1.82) is 5.26 Å². The van der Waals surface area contributed by atoms with Gasteiger partial charge < -0.3 is 5.32 Å². The largest absolute Gasteiger partial charge is 0.418 e. The molecule has 3 aromatic rings. The number of alkyl halides is 3. The van der Waals surface area contributed by atoms with E-state index in [9.17, 15) is 27.6 Å². The summed E-state index contributed by atoms with van der Waals surface area (Å²) in [5.74, 6) is -1.31. The van der Waals surface area contributed by atoms with Crippen LogP contribution in [0.25, 0.3) is 16.5 Å². The second-order valence-electron chi connectivity index (χ2n) is 5.88. The zero-order chi connectivity index (χ0) is 21.0. The molecule has 0 bridgehead atoms. The van der Waals surface area contributed by atoms with Crippen LogP contribution in [0.15, 0.2) is 66.2 Å². The van der Waals surface area contributed by atoms with E-state index in [1.165, 1.54) is 41.7 Å². The number of para-hydroxylation sites is 1. The van der Waals surface area contributed by atoms with Crippen molar-refractivity contribution in [2.45, 2.75) is 6.18 Å². The van der Waals surface area contributed by atoms with Crippen molar-refractivity contribution in [3.8, 4) is 16.5 Å². The summed E-state index contributed by atoms with van der Waals surface area (Å²) in [5.41, 5.74) is -1.00. The SMILES string of the molecule is N#C/C(=C\c1ccc(-c2ccc(F)cc2)s1)C(=O)Nc1ccccc1C(F)(F)F. The van der Waals surface area contributed by atoms with Gasteiger partial charge in [0, 0.05) is 9.75 Å². The van der Waals surface area contributed by atoms with Gasteiger partial charge in [-0.3, -0.25) is 4.79 Å². The molecule has 0 atom stereocenters. The lowest BCUT2D eigenvalue weighted by atomic mass is 10.1. The molecule has 0 radical (unpaired) electrons. The highest BCUT2D eigenvalue weighted by Crippen LogP contribution is 2.35. The number of benzene rings is 2. The molecule has 0 unspecified atom stereocenters. The highest BCUT2D eigenvalue weighted by Gasteiger charge is 2.33. The van der Waals surface area contributed by atoms with Gasteiger partial charge in [0.25, 0.3) is 5.91 Å². The van der Waals surface area contributed by atoms with E-state index in [0.29, 0.717) is 4.88 Å². The molecule has 0 saturated carbocycles. The number of nitrogens with one attached hydrogen (secondary N) is 1. The van der Waals surface area contributed by atoms with Crippen LogP contribution < -0.4 is 5.32 Å². The van der Waals surface area contributed by atoms with Crippen LogP contribution in [0.4, 0.5) is 23.2 Å². The van der Waals surface area contributed by atoms with Crippen molar-refractivity contribution < 1.29 is 22.4 Å². The predicted octanol–water partition coefficient (Wildman–Crippen LogP) is 6.12. The molecule has 3 nitrogen and oxygen atoms in total. The minimum absolute atomic E-state index is 0.338. The Hall–Kier alpha value is -3.44. The number of carbonyl (C=O) groups is 1. The molecule has 8 heteroatoms. The zero-order valence-electron chi connectivity index (χ0n) is 14.6. The van der Waals surface area contributed by atoms with E-state index in [0.717, 1.165) is 22.6 Å². The molecule has 3 rings (SSSR count). The topological polar surface area (TPSA) is 52.9 Å². The Morgan fingerprint density at radius 2 is 1.72 bits per heavy atom. The third-order valence-electron chi connectivity index (χ3n) is 3.89. The molecule has 146 valence electrons. The van der Waals surface area contributed by atoms with Crippen molar-refractivity contribution in [3.63, 3.8) is 0 Å². The summed E-state index contributed by atoms with van der Waals surface area (Å²) in [6.45, 7) is 0. The molecule has 1 N–H and O–H groups in total. The van der Waals surface area contributed by atoms with Gasteiger partial charge in [0.2, 0.25) is 0 Å². The van der Waals surface area contributed by atoms with E-state index in [4.69, 9.17) is 0 Å². The van der Waals surface area contributed by atoms with Crippen molar-refractivity contribution in [2.75, 3.05) is 5.32 Å². The highest BCUT2D eigenvalue weighted by molar-refractivity contribution is 7.16. The molecular weight excluding hydrogens is 404 g/mol. The van der Waals surface area contributed by atoms with Crippen LogP contribution in [0.1, 0.15) is 10.4 Å². The first kappa shape index (κ1) is 20.3. The van der Waals surface area contributed by atoms with Crippen LogP contribution in [0.5, 0.6) is 0 Å². The molecule has 0 aliphatic carbocycles. The summed E-state index contributed by atoms with van der Waals surface area (Å²) in [6.07, 6.45) is -3.35. The van der Waals surface area contributed by atoms with Gasteiger partial charge in [0.05, 0.1) is 11.3 Å². The first-order valence-electron chi connectivity index (χ1n) is 8.23. The van der Waals surface area contributed by atoms with Crippen LogP contribution in [0.3, 0.4) is 0 Å². The van der Waals surface area contributed by atoms with Gasteiger partial charge in [0.1, 0.15) is 17.5 Å². The third-order valence-corrected chi connectivity index (χ3v) is 4.97. The standard InChI is InChI=1S/C21H12F4N2OS/c22-15-7-5-13(6-8-15)19-10-9-16(29-19)11-14(12-26)20(28)27-18-4-2-1-3-17(18)21(23,24)25/h1-11H,(H,27,28)/b14-11+. The van der Waals surface area contributed by atoms with Gasteiger partial charge in [-0.2, -0.15) is 18.4 Å². The molecule has 0 spiro atoms. The molecule has 0 aliphatic heterocycles. The molecule has 1 aromatic heterocycles. The Bertz CT molecular complexity index is 1110. The maximum Gasteiger partial charge on any atom is 0.418 e. The molecule has 0 aliphatic rings. The lowest BCUT2D eigenvalue weighted by Gasteiger charge is -2.13. The molecule has 29 heavy (non-hydrogen) atoms. The fraction of sp³-hybridized carbons (Fsp3) is 0.0476. The minimum Gasteiger partial charge on any atom is -0.321 e. The van der Waals surface area contributed by atoms with Crippen molar-refractivity contribution in [2.24, 2.45) is 0 Å². The number of amides is 1. The molecule has 1 heterocycles. The summed E-state index contributed by atoms with van der Waals surface area (Å²) < 4.78 is 52.2. The maximum atomic E-state index is 13.1. The van der Waals surface area contributed by atoms with E-state index in [1.54, 1.807) is 30.3 Å². The van der Waals surface area contributed by atoms with E-state index in [1.807, 2.05) is 0 Å². The number of hydrogen-bond acceptors (Lipinski definition) is 3. The van der Waals surface area contributed by atoms with Crippen LogP contribution in [0.2, 0.25) is 0 Å². The summed E-state index contributed by atoms with van der Waals surface area (Å²) in [5, 5.41) is 11.4. The fourth-order valence-electron chi connectivity index (χ4n) is 2.52. The second kappa shape index (κ2) is 8.29. The Labute approximate surface area is 167 Å². The van der Waals surface area contributed by atoms with Crippen LogP contribution in [0, 0.1) is 17.1 Å². The fourth-order valence-corrected chi connectivity index (χ4v) is 3.48. The van der Waals surface area contributed by atoms with E-state index < -0.39 is 23.3 Å². The van der Waals surface area contributed by atoms with Crippen LogP contribution in [-0.2, 0) is 11.0 Å². The number of thiophene rings is 1. The van der Waals surface area contributed by atoms with E-state index in [2.05, 4.69) is 5.32 Å².